The minimum atomic E-state index is -0.701. The fourth-order valence-electron chi connectivity index (χ4n) is 4.75. The topological polar surface area (TPSA) is 100 Å². The minimum Gasteiger partial charge on any atom is -0.486 e. The van der Waals surface area contributed by atoms with Gasteiger partial charge in [-0.05, 0) is 36.8 Å². The van der Waals surface area contributed by atoms with E-state index in [1.54, 1.807) is 28.0 Å². The molecule has 0 aliphatic carbocycles. The van der Waals surface area contributed by atoms with E-state index in [1.807, 2.05) is 31.2 Å². The van der Waals surface area contributed by atoms with E-state index in [9.17, 15) is 14.4 Å². The molecular weight excluding hydrogens is 519 g/mol. The Morgan fingerprint density at radius 3 is 2.70 bits per heavy atom. The maximum atomic E-state index is 13.5. The third-order valence-electron chi connectivity index (χ3n) is 6.59. The molecule has 11 heteroatoms. The number of para-hydroxylation sites is 2. The van der Waals surface area contributed by atoms with Gasteiger partial charge in [0.1, 0.15) is 12.7 Å². The van der Waals surface area contributed by atoms with Gasteiger partial charge in [0.15, 0.2) is 11.5 Å². The summed E-state index contributed by atoms with van der Waals surface area (Å²) >= 11 is 12.5. The summed E-state index contributed by atoms with van der Waals surface area (Å²) in [7, 11) is 0. The molecule has 0 saturated carbocycles. The van der Waals surface area contributed by atoms with Gasteiger partial charge in [0.05, 0.1) is 30.4 Å². The lowest BCUT2D eigenvalue weighted by atomic mass is 9.95. The van der Waals surface area contributed by atoms with E-state index in [2.05, 4.69) is 10.6 Å². The van der Waals surface area contributed by atoms with E-state index in [0.717, 1.165) is 0 Å². The lowest BCUT2D eigenvalue weighted by Gasteiger charge is -2.33. The number of nitrogens with zero attached hydrogens (tertiary/aromatic N) is 2. The van der Waals surface area contributed by atoms with Crippen molar-refractivity contribution < 1.29 is 23.9 Å². The summed E-state index contributed by atoms with van der Waals surface area (Å²) in [5.41, 5.74) is 1.67. The number of likely N-dealkylation sites (N-methyl/N-ethyl adjacent to an activating group) is 1. The molecule has 4 amide bonds. The van der Waals surface area contributed by atoms with Gasteiger partial charge >= 0.3 is 6.03 Å². The van der Waals surface area contributed by atoms with Crippen molar-refractivity contribution in [2.24, 2.45) is 0 Å². The molecule has 0 bridgehead atoms. The van der Waals surface area contributed by atoms with Crippen LogP contribution < -0.4 is 20.1 Å². The number of rotatable bonds is 7. The number of amides is 4. The van der Waals surface area contributed by atoms with Crippen molar-refractivity contribution >= 4 is 41.0 Å². The normalized spacial score (nSPS) is 20.6. The number of ether oxygens (including phenoxy) is 2. The summed E-state index contributed by atoms with van der Waals surface area (Å²) < 4.78 is 11.6. The van der Waals surface area contributed by atoms with Crippen LogP contribution in [0, 0.1) is 0 Å². The Kier molecular flexibility index (Phi) is 7.17. The van der Waals surface area contributed by atoms with Gasteiger partial charge in [0.2, 0.25) is 5.91 Å². The van der Waals surface area contributed by atoms with Gasteiger partial charge in [-0.25, -0.2) is 4.79 Å². The average molecular weight is 545 g/mol. The molecule has 0 spiro atoms. The summed E-state index contributed by atoms with van der Waals surface area (Å²) in [5, 5.41) is 6.57. The molecule has 5 rings (SSSR count). The molecule has 0 aromatic heterocycles. The Morgan fingerprint density at radius 1 is 1.16 bits per heavy atom. The highest BCUT2D eigenvalue weighted by atomic mass is 35.5. The van der Waals surface area contributed by atoms with Gasteiger partial charge in [-0.15, -0.1) is 0 Å². The molecule has 0 radical (unpaired) electrons. The first kappa shape index (κ1) is 25.2. The summed E-state index contributed by atoms with van der Waals surface area (Å²) in [4.78, 5) is 42.0. The van der Waals surface area contributed by atoms with Crippen molar-refractivity contribution in [3.8, 4) is 11.5 Å². The predicted molar refractivity (Wildman–Crippen MR) is 138 cm³/mol. The SMILES string of the molecule is CCN1C(=O)NC(c2ccc(Cl)cc2Cl)C2=C1CN(CCC(=O)NCC1COc3ccccc3O1)C2=O. The van der Waals surface area contributed by atoms with Crippen LogP contribution >= 0.6 is 23.2 Å². The van der Waals surface area contributed by atoms with Crippen LogP contribution in [-0.2, 0) is 9.59 Å². The van der Waals surface area contributed by atoms with Crippen molar-refractivity contribution in [3.63, 3.8) is 0 Å². The zero-order chi connectivity index (χ0) is 26.1. The van der Waals surface area contributed by atoms with E-state index in [1.165, 1.54) is 0 Å². The second-order valence-electron chi connectivity index (χ2n) is 8.93. The largest absolute Gasteiger partial charge is 0.486 e. The Morgan fingerprint density at radius 2 is 1.95 bits per heavy atom. The first-order valence-corrected chi connectivity index (χ1v) is 12.8. The summed E-state index contributed by atoms with van der Waals surface area (Å²) in [5.74, 6) is 0.879. The lowest BCUT2D eigenvalue weighted by Crippen LogP contribution is -2.47. The van der Waals surface area contributed by atoms with Crippen LogP contribution in [0.5, 0.6) is 11.5 Å². The summed E-state index contributed by atoms with van der Waals surface area (Å²) in [6.45, 7) is 3.31. The minimum absolute atomic E-state index is 0.107. The second kappa shape index (κ2) is 10.5. The molecule has 2 unspecified atom stereocenters. The van der Waals surface area contributed by atoms with E-state index >= 15 is 0 Å². The Hall–Kier alpha value is -3.43. The first-order chi connectivity index (χ1) is 17.9. The lowest BCUT2D eigenvalue weighted by molar-refractivity contribution is -0.127. The standard InChI is InChI=1S/C26H26Cl2N4O5/c1-2-32-19-13-31(10-9-22(33)29-12-16-14-36-20-5-3-4-6-21(20)37-16)25(34)23(19)24(30-26(32)35)17-8-7-15(27)11-18(17)28/h3-8,11,16,24H,2,9-10,12-14H2,1H3,(H,29,33)(H,30,35). The van der Waals surface area contributed by atoms with Crippen LogP contribution in [0.25, 0.3) is 0 Å². The average Bonchev–Trinajstić information content (AvgIpc) is 3.21. The van der Waals surface area contributed by atoms with Gasteiger partial charge in [-0.1, -0.05) is 41.4 Å². The van der Waals surface area contributed by atoms with Crippen LogP contribution in [0.2, 0.25) is 10.0 Å². The number of fused-ring (bicyclic) bond motifs is 1. The van der Waals surface area contributed by atoms with Crippen molar-refractivity contribution in [1.82, 2.24) is 20.4 Å². The van der Waals surface area contributed by atoms with Gasteiger partial charge in [-0.3, -0.25) is 14.5 Å². The Balaban J connectivity index is 1.22. The molecule has 0 fully saturated rings. The molecule has 3 heterocycles. The Bertz CT molecular complexity index is 1280. The molecule has 3 aliphatic heterocycles. The Labute approximate surface area is 224 Å². The summed E-state index contributed by atoms with van der Waals surface area (Å²) in [6.07, 6.45) is -0.197. The number of benzene rings is 2. The number of carbonyl (C=O) groups is 3. The molecule has 9 nitrogen and oxygen atoms in total. The molecule has 3 aliphatic rings. The monoisotopic (exact) mass is 544 g/mol. The van der Waals surface area contributed by atoms with Gasteiger partial charge in [-0.2, -0.15) is 0 Å². The molecule has 194 valence electrons. The number of carbonyl (C=O) groups excluding carboxylic acids is 3. The predicted octanol–water partition coefficient (Wildman–Crippen LogP) is 3.52. The molecule has 2 atom stereocenters. The fourth-order valence-corrected chi connectivity index (χ4v) is 5.27. The quantitative estimate of drug-likeness (QED) is 0.555. The van der Waals surface area contributed by atoms with Crippen LogP contribution in [0.4, 0.5) is 4.79 Å². The smallest absolute Gasteiger partial charge is 0.322 e. The number of nitrogens with one attached hydrogen (secondary N) is 2. The van der Waals surface area contributed by atoms with Crippen LogP contribution in [0.3, 0.4) is 0 Å². The molecule has 37 heavy (non-hydrogen) atoms. The van der Waals surface area contributed by atoms with Crippen molar-refractivity contribution in [3.05, 3.63) is 69.3 Å². The third-order valence-corrected chi connectivity index (χ3v) is 7.15. The molecule has 2 aromatic rings. The van der Waals surface area contributed by atoms with E-state index in [4.69, 9.17) is 32.7 Å². The second-order valence-corrected chi connectivity index (χ2v) is 9.77. The highest BCUT2D eigenvalue weighted by Gasteiger charge is 2.44. The number of urea groups is 1. The summed E-state index contributed by atoms with van der Waals surface area (Å²) in [6, 6.07) is 11.3. The van der Waals surface area contributed by atoms with E-state index in [-0.39, 0.29) is 50.0 Å². The van der Waals surface area contributed by atoms with Crippen molar-refractivity contribution in [2.45, 2.75) is 25.5 Å². The van der Waals surface area contributed by atoms with E-state index < -0.39 is 6.04 Å². The molecule has 2 aromatic carbocycles. The van der Waals surface area contributed by atoms with Crippen LogP contribution in [-0.4, -0.2) is 66.5 Å². The molecule has 2 N–H and O–H groups in total. The number of hydrogen-bond acceptors (Lipinski definition) is 5. The molecule has 0 saturated heterocycles. The maximum absolute atomic E-state index is 13.5. The molecular formula is C26H26Cl2N4O5. The van der Waals surface area contributed by atoms with Crippen LogP contribution in [0.15, 0.2) is 53.7 Å². The fraction of sp³-hybridized carbons (Fsp3) is 0.346. The zero-order valence-electron chi connectivity index (χ0n) is 20.1. The number of hydrogen-bond donors (Lipinski definition) is 2. The highest BCUT2D eigenvalue weighted by molar-refractivity contribution is 6.35. The van der Waals surface area contributed by atoms with Gasteiger partial charge in [0, 0.05) is 29.6 Å². The first-order valence-electron chi connectivity index (χ1n) is 12.1. The van der Waals surface area contributed by atoms with Crippen molar-refractivity contribution in [1.29, 1.82) is 0 Å². The van der Waals surface area contributed by atoms with Gasteiger partial charge in [0.25, 0.3) is 5.91 Å². The highest BCUT2D eigenvalue weighted by Crippen LogP contribution is 2.39. The van der Waals surface area contributed by atoms with E-state index in [0.29, 0.717) is 51.5 Å². The third kappa shape index (κ3) is 5.06. The van der Waals surface area contributed by atoms with Crippen LogP contribution in [0.1, 0.15) is 24.9 Å². The van der Waals surface area contributed by atoms with Crippen molar-refractivity contribution in [2.75, 3.05) is 32.8 Å². The maximum Gasteiger partial charge on any atom is 0.322 e. The van der Waals surface area contributed by atoms with Gasteiger partial charge < -0.3 is 25.0 Å². The zero-order valence-corrected chi connectivity index (χ0v) is 21.6. The number of halogens is 2.